The van der Waals surface area contributed by atoms with E-state index in [1.54, 1.807) is 0 Å². The molecule has 1 aromatic rings. The van der Waals surface area contributed by atoms with Crippen LogP contribution < -0.4 is 5.32 Å². The lowest BCUT2D eigenvalue weighted by atomic mass is 10.1. The van der Waals surface area contributed by atoms with Gasteiger partial charge in [-0.3, -0.25) is 0 Å². The fourth-order valence-electron chi connectivity index (χ4n) is 2.34. The molecule has 2 aliphatic rings. The highest BCUT2D eigenvalue weighted by Crippen LogP contribution is 2.26. The number of esters is 1. The normalized spacial score (nSPS) is 30.1. The second-order valence-electron chi connectivity index (χ2n) is 4.36. The maximum Gasteiger partial charge on any atom is 0.333 e. The Hall–Kier alpha value is -2.08. The van der Waals surface area contributed by atoms with E-state index in [-0.39, 0.29) is 6.03 Å². The first-order chi connectivity index (χ1) is 8.66. The molecule has 94 valence electrons. The van der Waals surface area contributed by atoms with Crippen molar-refractivity contribution in [2.45, 2.75) is 24.9 Å². The Bertz CT molecular complexity index is 490. The van der Waals surface area contributed by atoms with Crippen molar-refractivity contribution in [3.8, 4) is 0 Å². The number of nitrogens with one attached hydrogen (secondary N) is 1. The lowest BCUT2D eigenvalue weighted by Crippen LogP contribution is -2.39. The molecule has 3 rings (SSSR count). The van der Waals surface area contributed by atoms with Crippen molar-refractivity contribution in [2.75, 3.05) is 0 Å². The Kier molecular flexibility index (Phi) is 2.45. The van der Waals surface area contributed by atoms with Crippen LogP contribution in [0, 0.1) is 0 Å². The molecule has 2 saturated heterocycles. The maximum atomic E-state index is 11.8. The molecule has 3 atom stereocenters. The van der Waals surface area contributed by atoms with E-state index in [0.29, 0.717) is 6.54 Å². The van der Waals surface area contributed by atoms with Crippen molar-refractivity contribution in [1.29, 1.82) is 0 Å². The van der Waals surface area contributed by atoms with Gasteiger partial charge in [0.1, 0.15) is 6.04 Å². The smallest absolute Gasteiger partial charge is 0.333 e. The number of benzene rings is 1. The van der Waals surface area contributed by atoms with Gasteiger partial charge in [-0.25, -0.2) is 9.59 Å². The van der Waals surface area contributed by atoms with Gasteiger partial charge in [0.05, 0.1) is 0 Å². The van der Waals surface area contributed by atoms with Crippen molar-refractivity contribution in [3.63, 3.8) is 0 Å². The Morgan fingerprint density at radius 1 is 1.28 bits per heavy atom. The Balaban J connectivity index is 1.84. The van der Waals surface area contributed by atoms with Gasteiger partial charge in [0.25, 0.3) is 0 Å². The van der Waals surface area contributed by atoms with E-state index in [0.717, 1.165) is 5.56 Å². The first-order valence-electron chi connectivity index (χ1n) is 5.66. The molecule has 6 nitrogen and oxygen atoms in total. The lowest BCUT2D eigenvalue weighted by Gasteiger charge is -2.19. The zero-order valence-corrected chi connectivity index (χ0v) is 9.45. The Morgan fingerprint density at radius 3 is 2.72 bits per heavy atom. The Labute approximate surface area is 103 Å². The van der Waals surface area contributed by atoms with Crippen molar-refractivity contribution < 1.29 is 19.4 Å². The van der Waals surface area contributed by atoms with E-state index in [1.807, 2.05) is 30.3 Å². The number of carbonyl (C=O) groups is 2. The van der Waals surface area contributed by atoms with Crippen LogP contribution in [0.25, 0.3) is 0 Å². The molecule has 2 N–H and O–H groups in total. The summed E-state index contributed by atoms with van der Waals surface area (Å²) in [6.07, 6.45) is -1.26. The average Bonchev–Trinajstić information content (AvgIpc) is 2.81. The van der Waals surface area contributed by atoms with Crippen LogP contribution in [0.2, 0.25) is 0 Å². The largest absolute Gasteiger partial charge is 0.432 e. The third-order valence-corrected chi connectivity index (χ3v) is 3.21. The predicted molar refractivity (Wildman–Crippen MR) is 60.2 cm³/mol. The number of aliphatic hydroxyl groups is 1. The summed E-state index contributed by atoms with van der Waals surface area (Å²) >= 11 is 0. The monoisotopic (exact) mass is 248 g/mol. The van der Waals surface area contributed by atoms with Gasteiger partial charge in [0.2, 0.25) is 6.29 Å². The molecule has 0 aliphatic carbocycles. The Morgan fingerprint density at radius 2 is 2.00 bits per heavy atom. The van der Waals surface area contributed by atoms with Gasteiger partial charge in [0.15, 0.2) is 6.04 Å². The minimum absolute atomic E-state index is 0.315. The third kappa shape index (κ3) is 1.62. The standard InChI is InChI=1S/C12H12N2O4/c15-10-8-9(11(16)18-10)14(12(17)13-8)6-7-4-2-1-3-5-7/h1-5,8-10,15H,6H2,(H,13,17). The highest BCUT2D eigenvalue weighted by atomic mass is 16.6. The molecular weight excluding hydrogens is 236 g/mol. The van der Waals surface area contributed by atoms with Gasteiger partial charge < -0.3 is 20.1 Å². The molecule has 0 spiro atoms. The first kappa shape index (κ1) is 11.0. The van der Waals surface area contributed by atoms with Crippen LogP contribution in [0.3, 0.4) is 0 Å². The van der Waals surface area contributed by atoms with Gasteiger partial charge in [-0.2, -0.15) is 0 Å². The summed E-state index contributed by atoms with van der Waals surface area (Å²) in [6, 6.07) is 7.58. The van der Waals surface area contributed by atoms with Crippen molar-refractivity contribution in [3.05, 3.63) is 35.9 Å². The van der Waals surface area contributed by atoms with Crippen molar-refractivity contribution in [1.82, 2.24) is 10.2 Å². The third-order valence-electron chi connectivity index (χ3n) is 3.21. The quantitative estimate of drug-likeness (QED) is 0.712. The van der Waals surface area contributed by atoms with E-state index in [1.165, 1.54) is 4.90 Å². The molecule has 0 saturated carbocycles. The minimum atomic E-state index is -1.26. The van der Waals surface area contributed by atoms with Gasteiger partial charge in [-0.05, 0) is 5.56 Å². The van der Waals surface area contributed by atoms with Gasteiger partial charge >= 0.3 is 12.0 Å². The van der Waals surface area contributed by atoms with Crippen LogP contribution >= 0.6 is 0 Å². The molecular formula is C12H12N2O4. The SMILES string of the molecule is O=C1OC(O)C2NC(=O)N(Cc3ccccc3)C12. The summed E-state index contributed by atoms with van der Waals surface area (Å²) in [5, 5.41) is 12.0. The van der Waals surface area contributed by atoms with E-state index in [2.05, 4.69) is 5.32 Å². The number of ether oxygens (including phenoxy) is 1. The number of rotatable bonds is 2. The zero-order valence-electron chi connectivity index (χ0n) is 9.45. The molecule has 2 aliphatic heterocycles. The summed E-state index contributed by atoms with van der Waals surface area (Å²) in [5.41, 5.74) is 0.919. The molecule has 0 radical (unpaired) electrons. The molecule has 2 amide bonds. The number of nitrogens with zero attached hydrogens (tertiary/aromatic N) is 1. The fraction of sp³-hybridized carbons (Fsp3) is 0.333. The van der Waals surface area contributed by atoms with E-state index in [4.69, 9.17) is 4.74 Å². The second-order valence-corrected chi connectivity index (χ2v) is 4.36. The van der Waals surface area contributed by atoms with Crippen LogP contribution in [0.15, 0.2) is 30.3 Å². The molecule has 2 heterocycles. The van der Waals surface area contributed by atoms with Gasteiger partial charge in [-0.1, -0.05) is 30.3 Å². The summed E-state index contributed by atoms with van der Waals surface area (Å²) < 4.78 is 4.70. The number of urea groups is 1. The number of fused-ring (bicyclic) bond motifs is 1. The molecule has 18 heavy (non-hydrogen) atoms. The van der Waals surface area contributed by atoms with Crippen LogP contribution in [-0.4, -0.2) is 40.4 Å². The summed E-state index contributed by atoms with van der Waals surface area (Å²) in [4.78, 5) is 24.8. The first-order valence-corrected chi connectivity index (χ1v) is 5.66. The minimum Gasteiger partial charge on any atom is -0.432 e. The number of aliphatic hydroxyl groups excluding tert-OH is 1. The van der Waals surface area contributed by atoms with Crippen LogP contribution in [0.5, 0.6) is 0 Å². The second kappa shape index (κ2) is 3.99. The maximum absolute atomic E-state index is 11.8. The molecule has 6 heteroatoms. The van der Waals surface area contributed by atoms with Crippen LogP contribution in [0.4, 0.5) is 4.79 Å². The number of carbonyl (C=O) groups excluding carboxylic acids is 2. The molecule has 0 bridgehead atoms. The van der Waals surface area contributed by atoms with E-state index >= 15 is 0 Å². The van der Waals surface area contributed by atoms with E-state index < -0.39 is 24.3 Å². The number of hydrogen-bond acceptors (Lipinski definition) is 4. The number of cyclic esters (lactones) is 1. The van der Waals surface area contributed by atoms with Crippen LogP contribution in [-0.2, 0) is 16.1 Å². The van der Waals surface area contributed by atoms with Crippen molar-refractivity contribution in [2.24, 2.45) is 0 Å². The van der Waals surface area contributed by atoms with E-state index in [9.17, 15) is 14.7 Å². The highest BCUT2D eigenvalue weighted by Gasteiger charge is 2.54. The number of hydrogen-bond donors (Lipinski definition) is 2. The molecule has 3 unspecified atom stereocenters. The molecule has 0 aromatic heterocycles. The molecule has 2 fully saturated rings. The number of amides is 2. The lowest BCUT2D eigenvalue weighted by molar-refractivity contribution is -0.156. The fourth-order valence-corrected chi connectivity index (χ4v) is 2.34. The predicted octanol–water partition coefficient (Wildman–Crippen LogP) is -0.176. The molecule has 1 aromatic carbocycles. The summed E-state index contributed by atoms with van der Waals surface area (Å²) in [6.45, 7) is 0.315. The summed E-state index contributed by atoms with van der Waals surface area (Å²) in [5.74, 6) is -0.568. The van der Waals surface area contributed by atoms with Crippen LogP contribution in [0.1, 0.15) is 5.56 Å². The van der Waals surface area contributed by atoms with Crippen molar-refractivity contribution >= 4 is 12.0 Å². The zero-order chi connectivity index (χ0) is 12.7. The summed E-state index contributed by atoms with van der Waals surface area (Å²) in [7, 11) is 0. The highest BCUT2D eigenvalue weighted by molar-refractivity contribution is 5.90. The average molecular weight is 248 g/mol. The van der Waals surface area contributed by atoms with Gasteiger partial charge in [-0.15, -0.1) is 0 Å². The van der Waals surface area contributed by atoms with Gasteiger partial charge in [0, 0.05) is 6.54 Å². The topological polar surface area (TPSA) is 78.9 Å².